The maximum Gasteiger partial charge on any atom is 0.322 e. The second kappa shape index (κ2) is 7.43. The number of benzene rings is 1. The molecule has 1 aromatic carbocycles. The normalized spacial score (nSPS) is 10.5. The van der Waals surface area contributed by atoms with Crippen LogP contribution in [0.1, 0.15) is 16.1 Å². The zero-order valence-corrected chi connectivity index (χ0v) is 13.5. The first-order valence-electron chi connectivity index (χ1n) is 7.66. The van der Waals surface area contributed by atoms with Gasteiger partial charge >= 0.3 is 5.97 Å². The Balaban J connectivity index is 1.75. The Hall–Kier alpha value is -3.75. The van der Waals surface area contributed by atoms with Crippen molar-refractivity contribution in [2.24, 2.45) is 0 Å². The van der Waals surface area contributed by atoms with Gasteiger partial charge in [0.1, 0.15) is 18.0 Å². The predicted molar refractivity (Wildman–Crippen MR) is 90.4 cm³/mol. The Kier molecular flexibility index (Phi) is 4.88. The van der Waals surface area contributed by atoms with Gasteiger partial charge in [-0.05, 0) is 11.6 Å². The third-order valence-electron chi connectivity index (χ3n) is 3.50. The van der Waals surface area contributed by atoms with Gasteiger partial charge in [-0.3, -0.25) is 9.59 Å². The van der Waals surface area contributed by atoms with E-state index in [4.69, 9.17) is 5.11 Å². The summed E-state index contributed by atoms with van der Waals surface area (Å²) in [5.41, 5.74) is 1.78. The zero-order valence-electron chi connectivity index (χ0n) is 13.5. The third-order valence-corrected chi connectivity index (χ3v) is 3.50. The summed E-state index contributed by atoms with van der Waals surface area (Å²) in [6, 6.07) is 11.1. The van der Waals surface area contributed by atoms with Crippen LogP contribution in [0.3, 0.4) is 0 Å². The van der Waals surface area contributed by atoms with Gasteiger partial charge in [-0.2, -0.15) is 0 Å². The first kappa shape index (κ1) is 17.1. The number of carboxylic acids is 1. The lowest BCUT2D eigenvalue weighted by Crippen LogP contribution is -2.29. The summed E-state index contributed by atoms with van der Waals surface area (Å²) in [5, 5.41) is 28.8. The van der Waals surface area contributed by atoms with Crippen LogP contribution in [0.5, 0.6) is 5.75 Å². The summed E-state index contributed by atoms with van der Waals surface area (Å²) in [4.78, 5) is 26.2. The molecule has 0 aliphatic carbocycles. The van der Waals surface area contributed by atoms with Gasteiger partial charge in [0.05, 0.1) is 12.7 Å². The minimum Gasteiger partial charge on any atom is -0.505 e. The molecule has 0 fully saturated rings. The van der Waals surface area contributed by atoms with Crippen LogP contribution in [0.4, 0.5) is 0 Å². The van der Waals surface area contributed by atoms with Gasteiger partial charge in [0.15, 0.2) is 5.69 Å². The predicted octanol–water partition coefficient (Wildman–Crippen LogP) is 0.908. The third kappa shape index (κ3) is 4.01. The van der Waals surface area contributed by atoms with Gasteiger partial charge in [0.25, 0.3) is 5.91 Å². The van der Waals surface area contributed by atoms with Gasteiger partial charge in [0.2, 0.25) is 0 Å². The molecule has 2 heterocycles. The van der Waals surface area contributed by atoms with E-state index in [1.54, 1.807) is 10.9 Å². The van der Waals surface area contributed by atoms with Crippen molar-refractivity contribution in [2.45, 2.75) is 6.54 Å². The van der Waals surface area contributed by atoms with Crippen LogP contribution in [0.25, 0.3) is 11.3 Å². The molecule has 0 saturated carbocycles. The van der Waals surface area contributed by atoms with Gasteiger partial charge < -0.3 is 15.5 Å². The number of nitrogens with zero attached hydrogens (tertiary/aromatic N) is 4. The van der Waals surface area contributed by atoms with Crippen molar-refractivity contribution < 1.29 is 19.8 Å². The summed E-state index contributed by atoms with van der Waals surface area (Å²) in [6.07, 6.45) is 3.07. The summed E-state index contributed by atoms with van der Waals surface area (Å²) in [6.45, 7) is -0.0154. The number of carbonyl (C=O) groups excluding carboxylic acids is 1. The van der Waals surface area contributed by atoms with E-state index in [1.807, 2.05) is 30.3 Å². The standard InChI is InChI=1S/C17H15N5O4/c23-14-6-12(7-18-16(14)17(26)19-8-15(24)25)13-10-22(21-20-13)9-11-4-2-1-3-5-11/h1-7,10,23H,8-9H2,(H,19,26)(H,24,25). The maximum atomic E-state index is 11.8. The van der Waals surface area contributed by atoms with E-state index in [2.05, 4.69) is 20.6 Å². The number of carbonyl (C=O) groups is 2. The average molecular weight is 353 g/mol. The monoisotopic (exact) mass is 353 g/mol. The second-order valence-electron chi connectivity index (χ2n) is 5.46. The minimum absolute atomic E-state index is 0.258. The molecule has 0 unspecified atom stereocenters. The number of aliphatic carboxylic acids is 1. The Labute approximate surface area is 147 Å². The number of amides is 1. The summed E-state index contributed by atoms with van der Waals surface area (Å²) >= 11 is 0. The lowest BCUT2D eigenvalue weighted by molar-refractivity contribution is -0.135. The lowest BCUT2D eigenvalue weighted by atomic mass is 10.2. The quantitative estimate of drug-likeness (QED) is 0.600. The van der Waals surface area contributed by atoms with E-state index in [-0.39, 0.29) is 11.4 Å². The molecule has 0 radical (unpaired) electrons. The molecule has 2 aromatic heterocycles. The Morgan fingerprint density at radius 2 is 1.96 bits per heavy atom. The highest BCUT2D eigenvalue weighted by Crippen LogP contribution is 2.23. The molecule has 3 N–H and O–H groups in total. The Bertz CT molecular complexity index is 939. The van der Waals surface area contributed by atoms with Gasteiger partial charge in [-0.1, -0.05) is 35.5 Å². The number of carboxylic acid groups (broad SMARTS) is 1. The van der Waals surface area contributed by atoms with E-state index in [0.717, 1.165) is 5.56 Å². The van der Waals surface area contributed by atoms with E-state index >= 15 is 0 Å². The molecule has 0 aliphatic rings. The van der Waals surface area contributed by atoms with Crippen LogP contribution in [0, 0.1) is 0 Å². The Morgan fingerprint density at radius 3 is 2.65 bits per heavy atom. The van der Waals surface area contributed by atoms with Crippen molar-refractivity contribution in [1.29, 1.82) is 0 Å². The SMILES string of the molecule is O=C(O)CNC(=O)c1ncc(-c2cn(Cc3ccccc3)nn2)cc1O. The van der Waals surface area contributed by atoms with Crippen molar-refractivity contribution in [3.8, 4) is 17.0 Å². The molecule has 3 rings (SSSR count). The smallest absolute Gasteiger partial charge is 0.322 e. The zero-order chi connectivity index (χ0) is 18.5. The molecule has 3 aromatic rings. The molecular formula is C17H15N5O4. The maximum absolute atomic E-state index is 11.8. The van der Waals surface area contributed by atoms with Crippen LogP contribution in [0.2, 0.25) is 0 Å². The van der Waals surface area contributed by atoms with E-state index in [9.17, 15) is 14.7 Å². The molecule has 0 aliphatic heterocycles. The van der Waals surface area contributed by atoms with Crippen molar-refractivity contribution in [1.82, 2.24) is 25.3 Å². The lowest BCUT2D eigenvalue weighted by Gasteiger charge is -2.05. The molecule has 9 nitrogen and oxygen atoms in total. The van der Waals surface area contributed by atoms with E-state index < -0.39 is 18.4 Å². The van der Waals surface area contributed by atoms with Crippen molar-refractivity contribution >= 4 is 11.9 Å². The number of hydrogen-bond acceptors (Lipinski definition) is 6. The van der Waals surface area contributed by atoms with Crippen LogP contribution in [-0.2, 0) is 11.3 Å². The highest BCUT2D eigenvalue weighted by atomic mass is 16.4. The first-order valence-corrected chi connectivity index (χ1v) is 7.66. The van der Waals surface area contributed by atoms with Crippen molar-refractivity contribution in [3.63, 3.8) is 0 Å². The number of hydrogen-bond donors (Lipinski definition) is 3. The number of aromatic hydroxyl groups is 1. The molecular weight excluding hydrogens is 338 g/mol. The summed E-state index contributed by atoms with van der Waals surface area (Å²) in [5.74, 6) is -2.34. The van der Waals surface area contributed by atoms with Gasteiger partial charge in [-0.15, -0.1) is 5.10 Å². The molecule has 0 saturated heterocycles. The molecule has 0 spiro atoms. The highest BCUT2D eigenvalue weighted by Gasteiger charge is 2.16. The number of rotatable bonds is 6. The fourth-order valence-electron chi connectivity index (χ4n) is 2.29. The van der Waals surface area contributed by atoms with E-state index in [0.29, 0.717) is 17.8 Å². The van der Waals surface area contributed by atoms with Gasteiger partial charge in [0, 0.05) is 11.8 Å². The number of pyridine rings is 1. The first-order chi connectivity index (χ1) is 12.5. The second-order valence-corrected chi connectivity index (χ2v) is 5.46. The topological polar surface area (TPSA) is 130 Å². The van der Waals surface area contributed by atoms with Crippen LogP contribution >= 0.6 is 0 Å². The fraction of sp³-hybridized carbons (Fsp3) is 0.118. The van der Waals surface area contributed by atoms with Crippen LogP contribution in [-0.4, -0.2) is 48.6 Å². The summed E-state index contributed by atoms with van der Waals surface area (Å²) < 4.78 is 1.65. The largest absolute Gasteiger partial charge is 0.505 e. The van der Waals surface area contributed by atoms with E-state index in [1.165, 1.54) is 12.3 Å². The van der Waals surface area contributed by atoms with Crippen LogP contribution in [0.15, 0.2) is 48.8 Å². The highest BCUT2D eigenvalue weighted by molar-refractivity contribution is 5.96. The molecule has 0 bridgehead atoms. The van der Waals surface area contributed by atoms with Gasteiger partial charge in [-0.25, -0.2) is 9.67 Å². The number of nitrogens with one attached hydrogen (secondary N) is 1. The molecule has 26 heavy (non-hydrogen) atoms. The fourth-order valence-corrected chi connectivity index (χ4v) is 2.29. The van der Waals surface area contributed by atoms with Crippen molar-refractivity contribution in [3.05, 3.63) is 60.0 Å². The molecule has 0 atom stereocenters. The van der Waals surface area contributed by atoms with Crippen molar-refractivity contribution in [2.75, 3.05) is 6.54 Å². The number of aromatic nitrogens is 4. The summed E-state index contributed by atoms with van der Waals surface area (Å²) in [7, 11) is 0. The Morgan fingerprint density at radius 1 is 1.19 bits per heavy atom. The van der Waals surface area contributed by atoms with Crippen LogP contribution < -0.4 is 5.32 Å². The molecule has 1 amide bonds. The minimum atomic E-state index is -1.19. The molecule has 9 heteroatoms. The average Bonchev–Trinajstić information content (AvgIpc) is 3.09. The molecule has 132 valence electrons.